The Hall–Kier alpha value is -2.51. The van der Waals surface area contributed by atoms with Gasteiger partial charge in [-0.25, -0.2) is 8.42 Å². The summed E-state index contributed by atoms with van der Waals surface area (Å²) >= 11 is 0. The molecule has 0 aliphatic carbocycles. The van der Waals surface area contributed by atoms with E-state index in [-0.39, 0.29) is 17.2 Å². The molecule has 1 atom stereocenters. The van der Waals surface area contributed by atoms with Gasteiger partial charge in [-0.2, -0.15) is 4.31 Å². The quantitative estimate of drug-likeness (QED) is 0.562. The van der Waals surface area contributed by atoms with Crippen LogP contribution < -0.4 is 0 Å². The van der Waals surface area contributed by atoms with E-state index in [0.29, 0.717) is 18.4 Å². The SMILES string of the molecule is O=C(COC(=O)C1CCCCN1S(=O)(=O)c1ccccc1)c1ccccc1. The number of ether oxygens (including phenoxy) is 1. The second-order valence-corrected chi connectivity index (χ2v) is 8.23. The molecule has 3 rings (SSSR count). The molecule has 27 heavy (non-hydrogen) atoms. The maximum Gasteiger partial charge on any atom is 0.324 e. The van der Waals surface area contributed by atoms with Crippen molar-refractivity contribution in [2.24, 2.45) is 0 Å². The smallest absolute Gasteiger partial charge is 0.324 e. The summed E-state index contributed by atoms with van der Waals surface area (Å²) < 4.78 is 32.2. The standard InChI is InChI=1S/C20H21NO5S/c22-19(16-9-3-1-4-10-16)15-26-20(23)18-13-7-8-14-21(18)27(24,25)17-11-5-2-6-12-17/h1-6,9-12,18H,7-8,13-15H2. The average molecular weight is 387 g/mol. The second-order valence-electron chi connectivity index (χ2n) is 6.34. The first kappa shape index (κ1) is 19.3. The van der Waals surface area contributed by atoms with Crippen molar-refractivity contribution in [3.8, 4) is 0 Å². The van der Waals surface area contributed by atoms with E-state index in [9.17, 15) is 18.0 Å². The van der Waals surface area contributed by atoms with Gasteiger partial charge in [-0.1, -0.05) is 48.5 Å². The van der Waals surface area contributed by atoms with E-state index >= 15 is 0 Å². The minimum Gasteiger partial charge on any atom is -0.456 e. The predicted octanol–water partition coefficient (Wildman–Crippen LogP) is 2.66. The molecule has 1 aliphatic heterocycles. The average Bonchev–Trinajstić information content (AvgIpc) is 2.73. The van der Waals surface area contributed by atoms with Crippen LogP contribution in [0.1, 0.15) is 29.6 Å². The Balaban J connectivity index is 1.71. The largest absolute Gasteiger partial charge is 0.456 e. The summed E-state index contributed by atoms with van der Waals surface area (Å²) in [4.78, 5) is 24.8. The fourth-order valence-corrected chi connectivity index (χ4v) is 4.76. The van der Waals surface area contributed by atoms with Crippen LogP contribution in [0.25, 0.3) is 0 Å². The number of hydrogen-bond donors (Lipinski definition) is 0. The topological polar surface area (TPSA) is 80.8 Å². The van der Waals surface area contributed by atoms with Crippen molar-refractivity contribution in [1.29, 1.82) is 0 Å². The van der Waals surface area contributed by atoms with Crippen LogP contribution in [0, 0.1) is 0 Å². The molecular formula is C20H21NO5S. The number of carbonyl (C=O) groups is 2. The summed E-state index contributed by atoms with van der Waals surface area (Å²) in [7, 11) is -3.80. The number of carbonyl (C=O) groups excluding carboxylic acids is 2. The Morgan fingerprint density at radius 2 is 1.59 bits per heavy atom. The first-order valence-corrected chi connectivity index (χ1v) is 10.3. The molecular weight excluding hydrogens is 366 g/mol. The van der Waals surface area contributed by atoms with Crippen molar-refractivity contribution in [1.82, 2.24) is 4.31 Å². The molecule has 6 nitrogen and oxygen atoms in total. The van der Waals surface area contributed by atoms with Crippen LogP contribution in [0.3, 0.4) is 0 Å². The van der Waals surface area contributed by atoms with E-state index in [0.717, 1.165) is 6.42 Å². The molecule has 2 aromatic carbocycles. The Morgan fingerprint density at radius 3 is 2.26 bits per heavy atom. The number of nitrogens with zero attached hydrogens (tertiary/aromatic N) is 1. The van der Waals surface area contributed by atoms with Gasteiger partial charge in [0.1, 0.15) is 6.04 Å². The molecule has 0 saturated carbocycles. The predicted molar refractivity (Wildman–Crippen MR) is 99.7 cm³/mol. The monoisotopic (exact) mass is 387 g/mol. The van der Waals surface area contributed by atoms with Crippen LogP contribution in [-0.4, -0.2) is 43.7 Å². The Bertz CT molecular complexity index is 896. The number of ketones is 1. The molecule has 1 fully saturated rings. The minimum atomic E-state index is -3.80. The van der Waals surface area contributed by atoms with Crippen LogP contribution in [0.15, 0.2) is 65.6 Å². The molecule has 0 spiro atoms. The fraction of sp³-hybridized carbons (Fsp3) is 0.300. The normalized spacial score (nSPS) is 18.0. The van der Waals surface area contributed by atoms with Crippen LogP contribution in [0.5, 0.6) is 0 Å². The molecule has 1 saturated heterocycles. The van der Waals surface area contributed by atoms with Gasteiger partial charge in [0.2, 0.25) is 10.0 Å². The van der Waals surface area contributed by atoms with Crippen molar-refractivity contribution in [3.63, 3.8) is 0 Å². The Labute approximate surface area is 158 Å². The van der Waals surface area contributed by atoms with Crippen LogP contribution >= 0.6 is 0 Å². The third kappa shape index (κ3) is 4.43. The summed E-state index contributed by atoms with van der Waals surface area (Å²) in [5.74, 6) is -1.00. The number of hydrogen-bond acceptors (Lipinski definition) is 5. The summed E-state index contributed by atoms with van der Waals surface area (Å²) in [6.07, 6.45) is 1.79. The van der Waals surface area contributed by atoms with Crippen LogP contribution in [0.2, 0.25) is 0 Å². The van der Waals surface area contributed by atoms with E-state index in [1.807, 2.05) is 0 Å². The van der Waals surface area contributed by atoms with Gasteiger partial charge in [0, 0.05) is 12.1 Å². The summed E-state index contributed by atoms with van der Waals surface area (Å²) in [5.41, 5.74) is 0.447. The van der Waals surface area contributed by atoms with Gasteiger partial charge in [0.15, 0.2) is 12.4 Å². The van der Waals surface area contributed by atoms with Gasteiger partial charge in [-0.3, -0.25) is 9.59 Å². The number of sulfonamides is 1. The van der Waals surface area contributed by atoms with E-state index in [1.165, 1.54) is 16.4 Å². The molecule has 2 aromatic rings. The van der Waals surface area contributed by atoms with Crippen molar-refractivity contribution >= 4 is 21.8 Å². The highest BCUT2D eigenvalue weighted by Gasteiger charge is 2.38. The van der Waals surface area contributed by atoms with E-state index < -0.39 is 28.6 Å². The van der Waals surface area contributed by atoms with Crippen molar-refractivity contribution in [2.45, 2.75) is 30.2 Å². The highest BCUT2D eigenvalue weighted by Crippen LogP contribution is 2.26. The van der Waals surface area contributed by atoms with Crippen molar-refractivity contribution in [3.05, 3.63) is 66.2 Å². The second kappa shape index (κ2) is 8.45. The van der Waals surface area contributed by atoms with E-state index in [4.69, 9.17) is 4.74 Å². The van der Waals surface area contributed by atoms with Crippen LogP contribution in [-0.2, 0) is 19.6 Å². The summed E-state index contributed by atoms with van der Waals surface area (Å²) in [6, 6.07) is 15.6. The summed E-state index contributed by atoms with van der Waals surface area (Å²) in [5, 5.41) is 0. The number of Topliss-reactive ketones (excluding diaryl/α,β-unsaturated/α-hetero) is 1. The zero-order chi connectivity index (χ0) is 19.3. The molecule has 0 amide bonds. The molecule has 0 radical (unpaired) electrons. The van der Waals surface area contributed by atoms with Gasteiger partial charge < -0.3 is 4.74 Å². The minimum absolute atomic E-state index is 0.144. The number of rotatable bonds is 6. The lowest BCUT2D eigenvalue weighted by Crippen LogP contribution is -2.48. The highest BCUT2D eigenvalue weighted by molar-refractivity contribution is 7.89. The maximum atomic E-state index is 12.9. The zero-order valence-electron chi connectivity index (χ0n) is 14.8. The number of benzene rings is 2. The molecule has 0 N–H and O–H groups in total. The van der Waals surface area contributed by atoms with Gasteiger partial charge in [-0.05, 0) is 31.4 Å². The van der Waals surface area contributed by atoms with E-state index in [1.54, 1.807) is 48.5 Å². The van der Waals surface area contributed by atoms with Gasteiger partial charge in [0.05, 0.1) is 4.90 Å². The molecule has 0 bridgehead atoms. The third-order valence-corrected chi connectivity index (χ3v) is 6.44. The lowest BCUT2D eigenvalue weighted by Gasteiger charge is -2.32. The van der Waals surface area contributed by atoms with Crippen molar-refractivity contribution in [2.75, 3.05) is 13.2 Å². The van der Waals surface area contributed by atoms with Gasteiger partial charge in [-0.15, -0.1) is 0 Å². The molecule has 7 heteroatoms. The lowest BCUT2D eigenvalue weighted by molar-refractivity contribution is -0.148. The molecule has 1 heterocycles. The Kier molecular flexibility index (Phi) is 6.03. The van der Waals surface area contributed by atoms with Gasteiger partial charge in [0.25, 0.3) is 0 Å². The molecule has 1 unspecified atom stereocenters. The van der Waals surface area contributed by atoms with E-state index in [2.05, 4.69) is 0 Å². The molecule has 142 valence electrons. The van der Waals surface area contributed by atoms with Crippen molar-refractivity contribution < 1.29 is 22.7 Å². The first-order valence-electron chi connectivity index (χ1n) is 8.82. The molecule has 0 aromatic heterocycles. The molecule has 1 aliphatic rings. The maximum absolute atomic E-state index is 12.9. The van der Waals surface area contributed by atoms with Gasteiger partial charge >= 0.3 is 5.97 Å². The number of esters is 1. The highest BCUT2D eigenvalue weighted by atomic mass is 32.2. The lowest BCUT2D eigenvalue weighted by atomic mass is 10.1. The zero-order valence-corrected chi connectivity index (χ0v) is 15.6. The third-order valence-electron chi connectivity index (χ3n) is 4.52. The first-order chi connectivity index (χ1) is 13.0. The summed E-state index contributed by atoms with van der Waals surface area (Å²) in [6.45, 7) is -0.151. The van der Waals surface area contributed by atoms with Crippen LogP contribution in [0.4, 0.5) is 0 Å². The Morgan fingerprint density at radius 1 is 0.963 bits per heavy atom. The number of piperidine rings is 1. The fourth-order valence-electron chi connectivity index (χ4n) is 3.10.